The van der Waals surface area contributed by atoms with Crippen molar-refractivity contribution in [3.05, 3.63) is 47.1 Å². The molecule has 0 spiro atoms. The summed E-state index contributed by atoms with van der Waals surface area (Å²) in [6, 6.07) is 10.00. The van der Waals surface area contributed by atoms with E-state index in [0.29, 0.717) is 18.2 Å². The van der Waals surface area contributed by atoms with Crippen molar-refractivity contribution >= 4 is 27.4 Å². The number of nitrogens with one attached hydrogen (secondary N) is 1. The normalized spacial score (nSPS) is 10.8. The number of hydrogen-bond donors (Lipinski definition) is 2. The van der Waals surface area contributed by atoms with Gasteiger partial charge in [-0.3, -0.25) is 0 Å². The Balaban J connectivity index is 1.77. The molecule has 3 aromatic rings. The lowest BCUT2D eigenvalue weighted by Crippen LogP contribution is -2.11. The first-order valence-electron chi connectivity index (χ1n) is 6.72. The molecule has 0 unspecified atom stereocenters. The van der Waals surface area contributed by atoms with Crippen molar-refractivity contribution in [2.45, 2.75) is 20.0 Å². The van der Waals surface area contributed by atoms with Crippen LogP contribution in [0.1, 0.15) is 18.3 Å². The number of nitrogen functional groups attached to an aromatic ring is 1. The summed E-state index contributed by atoms with van der Waals surface area (Å²) in [4.78, 5) is 9.76. The number of hydrogen-bond acceptors (Lipinski definition) is 6. The quantitative estimate of drug-likeness (QED) is 0.559. The van der Waals surface area contributed by atoms with Crippen LogP contribution in [0.15, 0.2) is 35.7 Å². The number of benzene rings is 1. The number of nitrogens with zero attached hydrogens (tertiary/aromatic N) is 2. The second-order valence-corrected chi connectivity index (χ2v) is 5.45. The van der Waals surface area contributed by atoms with Gasteiger partial charge in [-0.25, -0.2) is 15.8 Å². The Kier molecular flexibility index (Phi) is 3.98. The summed E-state index contributed by atoms with van der Waals surface area (Å²) in [5, 5.41) is 2.90. The molecule has 0 saturated carbocycles. The fourth-order valence-corrected chi connectivity index (χ4v) is 2.83. The Hall–Kier alpha value is -2.18. The van der Waals surface area contributed by atoms with Crippen LogP contribution in [0, 0.1) is 0 Å². The first-order chi connectivity index (χ1) is 10.3. The minimum Gasteiger partial charge on any atom is -0.486 e. The summed E-state index contributed by atoms with van der Waals surface area (Å²) >= 11 is 1.56. The molecular weight excluding hydrogens is 284 g/mol. The number of nitrogens with two attached hydrogens (primary N) is 1. The highest BCUT2D eigenvalue weighted by atomic mass is 32.1. The third-order valence-corrected chi connectivity index (χ3v) is 4.01. The van der Waals surface area contributed by atoms with E-state index >= 15 is 0 Å². The van der Waals surface area contributed by atoms with E-state index in [1.165, 1.54) is 5.56 Å². The molecule has 0 atom stereocenters. The van der Waals surface area contributed by atoms with E-state index in [1.807, 2.05) is 23.6 Å². The van der Waals surface area contributed by atoms with Crippen molar-refractivity contribution < 1.29 is 4.74 Å². The fourth-order valence-electron chi connectivity index (χ4n) is 2.04. The average Bonchev–Trinajstić information content (AvgIpc) is 3.01. The van der Waals surface area contributed by atoms with Gasteiger partial charge in [-0.15, -0.1) is 11.3 Å². The minimum atomic E-state index is 0.313. The molecule has 2 heterocycles. The summed E-state index contributed by atoms with van der Waals surface area (Å²) in [6.45, 7) is 2.44. The number of anilines is 1. The Morgan fingerprint density at radius 3 is 2.71 bits per heavy atom. The van der Waals surface area contributed by atoms with Gasteiger partial charge in [-0.2, -0.15) is 0 Å². The molecular formula is C15H16N4OS. The number of aryl methyl sites for hydroxylation is 1. The summed E-state index contributed by atoms with van der Waals surface area (Å²) in [6.07, 6.45) is 1.02. The van der Waals surface area contributed by atoms with Gasteiger partial charge in [0, 0.05) is 0 Å². The molecule has 0 aliphatic rings. The molecule has 3 N–H and O–H groups in total. The van der Waals surface area contributed by atoms with Crippen molar-refractivity contribution in [1.82, 2.24) is 9.97 Å². The maximum absolute atomic E-state index is 5.73. The second-order valence-electron chi connectivity index (χ2n) is 4.56. The molecule has 1 aromatic carbocycles. The Morgan fingerprint density at radius 2 is 2.00 bits per heavy atom. The van der Waals surface area contributed by atoms with Crippen LogP contribution >= 0.6 is 11.3 Å². The van der Waals surface area contributed by atoms with Gasteiger partial charge in [0.2, 0.25) is 0 Å². The standard InChI is InChI=1S/C15H16N4OS/c1-2-10-3-5-11(6-4-10)20-9-13-17-14(19-16)12-7-8-21-15(12)18-13/h3-8H,2,9,16H2,1H3,(H,17,18,19). The van der Waals surface area contributed by atoms with Crippen LogP contribution in [-0.2, 0) is 13.0 Å². The van der Waals surface area contributed by atoms with Gasteiger partial charge in [-0.1, -0.05) is 19.1 Å². The molecule has 0 bridgehead atoms. The average molecular weight is 300 g/mol. The number of ether oxygens (including phenoxy) is 1. The van der Waals surface area contributed by atoms with Crippen molar-refractivity contribution in [2.75, 3.05) is 5.43 Å². The monoisotopic (exact) mass is 300 g/mol. The molecule has 21 heavy (non-hydrogen) atoms. The third-order valence-electron chi connectivity index (χ3n) is 3.21. The minimum absolute atomic E-state index is 0.313. The molecule has 5 nitrogen and oxygen atoms in total. The van der Waals surface area contributed by atoms with Crippen LogP contribution in [-0.4, -0.2) is 9.97 Å². The summed E-state index contributed by atoms with van der Waals surface area (Å²) in [7, 11) is 0. The summed E-state index contributed by atoms with van der Waals surface area (Å²) in [5.41, 5.74) is 3.90. The van der Waals surface area contributed by atoms with Gasteiger partial charge in [-0.05, 0) is 35.6 Å². The maximum Gasteiger partial charge on any atom is 0.169 e. The summed E-state index contributed by atoms with van der Waals surface area (Å²) in [5.74, 6) is 7.55. The van der Waals surface area contributed by atoms with E-state index in [0.717, 1.165) is 22.4 Å². The van der Waals surface area contributed by atoms with Gasteiger partial charge < -0.3 is 10.2 Å². The van der Waals surface area contributed by atoms with Gasteiger partial charge >= 0.3 is 0 Å². The van der Waals surface area contributed by atoms with Crippen molar-refractivity contribution in [2.24, 2.45) is 5.84 Å². The zero-order chi connectivity index (χ0) is 14.7. The van der Waals surface area contributed by atoms with Crippen LogP contribution in [0.5, 0.6) is 5.75 Å². The SMILES string of the molecule is CCc1ccc(OCc2nc(NN)c3ccsc3n2)cc1. The highest BCUT2D eigenvalue weighted by molar-refractivity contribution is 7.16. The number of aromatic nitrogens is 2. The van der Waals surface area contributed by atoms with E-state index in [2.05, 4.69) is 34.5 Å². The topological polar surface area (TPSA) is 73.1 Å². The highest BCUT2D eigenvalue weighted by Gasteiger charge is 2.08. The molecule has 3 rings (SSSR count). The van der Waals surface area contributed by atoms with Crippen molar-refractivity contribution in [3.8, 4) is 5.75 Å². The number of rotatable bonds is 5. The highest BCUT2D eigenvalue weighted by Crippen LogP contribution is 2.24. The van der Waals surface area contributed by atoms with Crippen molar-refractivity contribution in [1.29, 1.82) is 0 Å². The number of fused-ring (bicyclic) bond motifs is 1. The van der Waals surface area contributed by atoms with Crippen LogP contribution in [0.25, 0.3) is 10.2 Å². The van der Waals surface area contributed by atoms with E-state index in [1.54, 1.807) is 11.3 Å². The van der Waals surface area contributed by atoms with Crippen LogP contribution < -0.4 is 16.0 Å². The largest absolute Gasteiger partial charge is 0.486 e. The second kappa shape index (κ2) is 6.07. The number of hydrazine groups is 1. The van der Waals surface area contributed by atoms with E-state index in [9.17, 15) is 0 Å². The van der Waals surface area contributed by atoms with Gasteiger partial charge in [0.1, 0.15) is 17.2 Å². The fraction of sp³-hybridized carbons (Fsp3) is 0.200. The molecule has 0 radical (unpaired) electrons. The van der Waals surface area contributed by atoms with Gasteiger partial charge in [0.05, 0.1) is 5.39 Å². The predicted molar refractivity (Wildman–Crippen MR) is 85.4 cm³/mol. The molecule has 2 aromatic heterocycles. The first kappa shape index (κ1) is 13.8. The smallest absolute Gasteiger partial charge is 0.169 e. The molecule has 0 aliphatic heterocycles. The van der Waals surface area contributed by atoms with Crippen molar-refractivity contribution in [3.63, 3.8) is 0 Å². The van der Waals surface area contributed by atoms with Crippen LogP contribution in [0.2, 0.25) is 0 Å². The molecule has 0 saturated heterocycles. The van der Waals surface area contributed by atoms with Crippen LogP contribution in [0.3, 0.4) is 0 Å². The lowest BCUT2D eigenvalue weighted by Gasteiger charge is -2.08. The first-order valence-corrected chi connectivity index (χ1v) is 7.60. The zero-order valence-electron chi connectivity index (χ0n) is 11.7. The maximum atomic E-state index is 5.73. The predicted octanol–water partition coefficient (Wildman–Crippen LogP) is 3.12. The van der Waals surface area contributed by atoms with Gasteiger partial charge in [0.15, 0.2) is 11.6 Å². The molecule has 0 aliphatic carbocycles. The van der Waals surface area contributed by atoms with E-state index in [4.69, 9.17) is 10.6 Å². The van der Waals surface area contributed by atoms with E-state index < -0.39 is 0 Å². The Bertz CT molecular complexity index is 739. The molecule has 0 fully saturated rings. The number of thiophene rings is 1. The zero-order valence-corrected chi connectivity index (χ0v) is 12.5. The van der Waals surface area contributed by atoms with Crippen LogP contribution in [0.4, 0.5) is 5.82 Å². The molecule has 6 heteroatoms. The summed E-state index contributed by atoms with van der Waals surface area (Å²) < 4.78 is 5.73. The Morgan fingerprint density at radius 1 is 1.19 bits per heavy atom. The lowest BCUT2D eigenvalue weighted by molar-refractivity contribution is 0.296. The third kappa shape index (κ3) is 2.96. The van der Waals surface area contributed by atoms with E-state index in [-0.39, 0.29) is 0 Å². The molecule has 0 amide bonds. The molecule has 108 valence electrons. The Labute approximate surface area is 126 Å². The lowest BCUT2D eigenvalue weighted by atomic mass is 10.2. The van der Waals surface area contributed by atoms with Gasteiger partial charge in [0.25, 0.3) is 0 Å².